The molecule has 0 saturated carbocycles. The zero-order valence-electron chi connectivity index (χ0n) is 16.0. The maximum absolute atomic E-state index is 5.42. The van der Waals surface area contributed by atoms with Gasteiger partial charge in [0, 0.05) is 58.1 Å². The smallest absolute Gasteiger partial charge is 0.191 e. The molecule has 0 spiro atoms. The summed E-state index contributed by atoms with van der Waals surface area (Å²) in [6.45, 7) is 6.22. The van der Waals surface area contributed by atoms with E-state index in [4.69, 9.17) is 4.74 Å². The first-order valence-corrected chi connectivity index (χ1v) is 9.56. The monoisotopic (exact) mass is 367 g/mol. The topological polar surface area (TPSA) is 61.8 Å². The fourth-order valence-electron chi connectivity index (χ4n) is 3.12. The molecule has 0 atom stereocenters. The molecular formula is C21H29N5O. The molecule has 0 amide bonds. The highest BCUT2D eigenvalue weighted by atomic mass is 16.5. The third-order valence-corrected chi connectivity index (χ3v) is 4.58. The number of morpholine rings is 1. The van der Waals surface area contributed by atoms with E-state index >= 15 is 0 Å². The standard InChI is InChI=1S/C21H29N5O/c1-22-21(24-10-8-20-7-2-3-9-23-20)25-16-18-5-4-6-19(15-18)17-26-11-13-27-14-12-26/h2-7,9,15H,8,10-14,16-17H2,1H3,(H2,22,24,25). The van der Waals surface area contributed by atoms with Crippen molar-refractivity contribution in [2.75, 3.05) is 39.9 Å². The van der Waals surface area contributed by atoms with Gasteiger partial charge in [-0.05, 0) is 23.3 Å². The minimum absolute atomic E-state index is 0.750. The summed E-state index contributed by atoms with van der Waals surface area (Å²) < 4.78 is 5.42. The van der Waals surface area contributed by atoms with Gasteiger partial charge < -0.3 is 15.4 Å². The van der Waals surface area contributed by atoms with E-state index in [1.165, 1.54) is 11.1 Å². The van der Waals surface area contributed by atoms with Crippen LogP contribution < -0.4 is 10.6 Å². The zero-order valence-corrected chi connectivity index (χ0v) is 16.0. The summed E-state index contributed by atoms with van der Waals surface area (Å²) in [6, 6.07) is 14.7. The van der Waals surface area contributed by atoms with E-state index in [-0.39, 0.29) is 0 Å². The molecule has 1 fully saturated rings. The van der Waals surface area contributed by atoms with Crippen LogP contribution in [0.15, 0.2) is 53.7 Å². The summed E-state index contributed by atoms with van der Waals surface area (Å²) in [5, 5.41) is 6.73. The highest BCUT2D eigenvalue weighted by Crippen LogP contribution is 2.10. The second-order valence-electron chi connectivity index (χ2n) is 6.63. The van der Waals surface area contributed by atoms with Gasteiger partial charge in [-0.2, -0.15) is 0 Å². The Labute approximate surface area is 161 Å². The van der Waals surface area contributed by atoms with Crippen LogP contribution in [0.25, 0.3) is 0 Å². The summed E-state index contributed by atoms with van der Waals surface area (Å²) >= 11 is 0. The van der Waals surface area contributed by atoms with Crippen molar-refractivity contribution in [2.45, 2.75) is 19.5 Å². The molecule has 2 heterocycles. The number of guanidine groups is 1. The number of nitrogens with zero attached hydrogens (tertiary/aromatic N) is 3. The van der Waals surface area contributed by atoms with Gasteiger partial charge in [0.25, 0.3) is 0 Å². The fraction of sp³-hybridized carbons (Fsp3) is 0.429. The lowest BCUT2D eigenvalue weighted by atomic mass is 10.1. The summed E-state index contributed by atoms with van der Waals surface area (Å²) in [7, 11) is 1.80. The van der Waals surface area contributed by atoms with E-state index < -0.39 is 0 Å². The molecule has 0 radical (unpaired) electrons. The number of aromatic nitrogens is 1. The van der Waals surface area contributed by atoms with Crippen molar-refractivity contribution >= 4 is 5.96 Å². The van der Waals surface area contributed by atoms with Gasteiger partial charge in [0.15, 0.2) is 5.96 Å². The lowest BCUT2D eigenvalue weighted by Crippen LogP contribution is -2.38. The van der Waals surface area contributed by atoms with Crippen LogP contribution in [0.5, 0.6) is 0 Å². The van der Waals surface area contributed by atoms with Crippen molar-refractivity contribution < 1.29 is 4.74 Å². The largest absolute Gasteiger partial charge is 0.379 e. The van der Waals surface area contributed by atoms with Crippen molar-refractivity contribution in [2.24, 2.45) is 4.99 Å². The quantitative estimate of drug-likeness (QED) is 0.577. The maximum atomic E-state index is 5.42. The minimum Gasteiger partial charge on any atom is -0.379 e. The molecule has 3 rings (SSSR count). The van der Waals surface area contributed by atoms with Gasteiger partial charge in [0.1, 0.15) is 0 Å². The van der Waals surface area contributed by atoms with Gasteiger partial charge >= 0.3 is 0 Å². The van der Waals surface area contributed by atoms with E-state index in [1.54, 1.807) is 7.05 Å². The van der Waals surface area contributed by atoms with Crippen LogP contribution >= 0.6 is 0 Å². The Kier molecular flexibility index (Phi) is 7.62. The molecule has 0 unspecified atom stereocenters. The molecule has 2 N–H and O–H groups in total. The average molecular weight is 367 g/mol. The molecule has 27 heavy (non-hydrogen) atoms. The van der Waals surface area contributed by atoms with Crippen LogP contribution in [0.2, 0.25) is 0 Å². The molecule has 0 bridgehead atoms. The number of hydrogen-bond donors (Lipinski definition) is 2. The predicted molar refractivity (Wildman–Crippen MR) is 109 cm³/mol. The Balaban J connectivity index is 1.44. The van der Waals surface area contributed by atoms with Gasteiger partial charge in [-0.25, -0.2) is 0 Å². The number of ether oxygens (including phenoxy) is 1. The molecule has 144 valence electrons. The molecule has 1 aliphatic heterocycles. The third-order valence-electron chi connectivity index (χ3n) is 4.58. The Morgan fingerprint density at radius 3 is 2.74 bits per heavy atom. The van der Waals surface area contributed by atoms with Gasteiger partial charge in [0.2, 0.25) is 0 Å². The molecule has 1 aromatic heterocycles. The molecule has 6 heteroatoms. The van der Waals surface area contributed by atoms with Crippen LogP contribution in [0.3, 0.4) is 0 Å². The highest BCUT2D eigenvalue weighted by Gasteiger charge is 2.10. The number of benzene rings is 1. The van der Waals surface area contributed by atoms with Crippen molar-refractivity contribution in [3.63, 3.8) is 0 Å². The average Bonchev–Trinajstić information content (AvgIpc) is 2.72. The molecule has 1 saturated heterocycles. The van der Waals surface area contributed by atoms with Crippen LogP contribution in [0, 0.1) is 0 Å². The van der Waals surface area contributed by atoms with Crippen molar-refractivity contribution in [1.82, 2.24) is 20.5 Å². The summed E-state index contributed by atoms with van der Waals surface area (Å²) in [6.07, 6.45) is 2.70. The van der Waals surface area contributed by atoms with E-state index in [0.29, 0.717) is 0 Å². The number of hydrogen-bond acceptors (Lipinski definition) is 4. The first kappa shape index (κ1) is 19.3. The molecular weight excluding hydrogens is 338 g/mol. The number of rotatable bonds is 7. The van der Waals surface area contributed by atoms with Gasteiger partial charge in [-0.3, -0.25) is 14.9 Å². The second kappa shape index (κ2) is 10.6. The number of pyridine rings is 1. The first-order chi connectivity index (χ1) is 13.3. The molecule has 6 nitrogen and oxygen atoms in total. The highest BCUT2D eigenvalue weighted by molar-refractivity contribution is 5.79. The second-order valence-corrected chi connectivity index (χ2v) is 6.63. The number of nitrogens with one attached hydrogen (secondary N) is 2. The lowest BCUT2D eigenvalue weighted by molar-refractivity contribution is 0.0342. The first-order valence-electron chi connectivity index (χ1n) is 9.56. The SMILES string of the molecule is CN=C(NCCc1ccccn1)NCc1cccc(CN2CCOCC2)c1. The lowest BCUT2D eigenvalue weighted by Gasteiger charge is -2.26. The van der Waals surface area contributed by atoms with Crippen molar-refractivity contribution in [1.29, 1.82) is 0 Å². The van der Waals surface area contributed by atoms with E-state index in [9.17, 15) is 0 Å². The fourth-order valence-corrected chi connectivity index (χ4v) is 3.12. The summed E-state index contributed by atoms with van der Waals surface area (Å²) in [5.74, 6) is 0.810. The Hall–Kier alpha value is -2.44. The normalized spacial score (nSPS) is 15.5. The maximum Gasteiger partial charge on any atom is 0.191 e. The predicted octanol–water partition coefficient (Wildman–Crippen LogP) is 1.82. The van der Waals surface area contributed by atoms with Crippen LogP contribution in [-0.4, -0.2) is 55.7 Å². The van der Waals surface area contributed by atoms with Crippen LogP contribution in [-0.2, 0) is 24.2 Å². The third kappa shape index (κ3) is 6.66. The molecule has 2 aromatic rings. The summed E-state index contributed by atoms with van der Waals surface area (Å²) in [5.41, 5.74) is 3.68. The van der Waals surface area contributed by atoms with E-state index in [1.807, 2.05) is 24.4 Å². The Bertz CT molecular complexity index is 714. The van der Waals surface area contributed by atoms with Gasteiger partial charge in [0.05, 0.1) is 13.2 Å². The van der Waals surface area contributed by atoms with Crippen LogP contribution in [0.4, 0.5) is 0 Å². The number of aliphatic imine (C=N–C) groups is 1. The van der Waals surface area contributed by atoms with Crippen LogP contribution in [0.1, 0.15) is 16.8 Å². The van der Waals surface area contributed by atoms with Gasteiger partial charge in [-0.15, -0.1) is 0 Å². The summed E-state index contributed by atoms with van der Waals surface area (Å²) in [4.78, 5) is 11.1. The molecule has 0 aliphatic carbocycles. The van der Waals surface area contributed by atoms with Crippen molar-refractivity contribution in [3.8, 4) is 0 Å². The minimum atomic E-state index is 0.750. The van der Waals surface area contributed by atoms with E-state index in [0.717, 1.165) is 64.0 Å². The van der Waals surface area contributed by atoms with Crippen molar-refractivity contribution in [3.05, 3.63) is 65.5 Å². The molecule has 1 aliphatic rings. The molecule has 1 aromatic carbocycles. The zero-order chi connectivity index (χ0) is 18.7. The Morgan fingerprint density at radius 2 is 1.96 bits per heavy atom. The van der Waals surface area contributed by atoms with E-state index in [2.05, 4.69) is 49.8 Å². The van der Waals surface area contributed by atoms with Gasteiger partial charge in [-0.1, -0.05) is 30.3 Å². The Morgan fingerprint density at radius 1 is 1.11 bits per heavy atom.